The fourth-order valence-corrected chi connectivity index (χ4v) is 4.59. The van der Waals surface area contributed by atoms with Crippen LogP contribution in [0.4, 0.5) is 14.4 Å². The van der Waals surface area contributed by atoms with Crippen LogP contribution in [0.1, 0.15) is 117 Å². The Morgan fingerprint density at radius 3 is 1.91 bits per heavy atom. The number of aromatic nitrogens is 1. The number of hydrogen-bond acceptors (Lipinski definition) is 7. The molecular formula is C34H60N3O7+. The van der Waals surface area contributed by atoms with Crippen LogP contribution < -0.4 is 9.88 Å². The first kappa shape index (κ1) is 39.1. The van der Waals surface area contributed by atoms with Crippen molar-refractivity contribution >= 4 is 18.3 Å². The van der Waals surface area contributed by atoms with E-state index in [0.29, 0.717) is 13.1 Å². The van der Waals surface area contributed by atoms with Crippen LogP contribution >= 0.6 is 0 Å². The van der Waals surface area contributed by atoms with Gasteiger partial charge in [0.25, 0.3) is 0 Å². The molecule has 0 atom stereocenters. The van der Waals surface area contributed by atoms with Crippen LogP contribution in [0.5, 0.6) is 0 Å². The van der Waals surface area contributed by atoms with E-state index in [-0.39, 0.29) is 45.5 Å². The first-order valence-corrected chi connectivity index (χ1v) is 17.0. The van der Waals surface area contributed by atoms with Crippen molar-refractivity contribution in [2.75, 3.05) is 39.6 Å². The number of nitrogens with zero attached hydrogens (tertiary/aromatic N) is 2. The van der Waals surface area contributed by atoms with Gasteiger partial charge >= 0.3 is 18.3 Å². The van der Waals surface area contributed by atoms with Crippen molar-refractivity contribution in [1.82, 2.24) is 10.2 Å². The first-order valence-electron chi connectivity index (χ1n) is 17.0. The van der Waals surface area contributed by atoms with Crippen LogP contribution in [-0.4, -0.2) is 62.8 Å². The lowest BCUT2D eigenvalue weighted by Crippen LogP contribution is -2.44. The van der Waals surface area contributed by atoms with Crippen LogP contribution in [0, 0.1) is 5.92 Å². The van der Waals surface area contributed by atoms with Gasteiger partial charge in [-0.1, -0.05) is 104 Å². The van der Waals surface area contributed by atoms with Gasteiger partial charge in [0.05, 0.1) is 19.8 Å². The van der Waals surface area contributed by atoms with Gasteiger partial charge in [0.2, 0.25) is 5.69 Å². The van der Waals surface area contributed by atoms with Gasteiger partial charge in [-0.2, -0.15) is 0 Å². The zero-order valence-electron chi connectivity index (χ0n) is 28.0. The molecule has 0 unspecified atom stereocenters. The zero-order chi connectivity index (χ0) is 32.3. The second kappa shape index (κ2) is 26.5. The number of carbonyl (C=O) groups excluding carboxylic acids is 3. The fourth-order valence-electron chi connectivity index (χ4n) is 4.59. The predicted octanol–water partition coefficient (Wildman–Crippen LogP) is 7.56. The van der Waals surface area contributed by atoms with Crippen molar-refractivity contribution in [1.29, 1.82) is 0 Å². The van der Waals surface area contributed by atoms with E-state index < -0.39 is 18.3 Å². The predicted molar refractivity (Wildman–Crippen MR) is 171 cm³/mol. The minimum Gasteiger partial charge on any atom is -0.449 e. The molecule has 1 heterocycles. The van der Waals surface area contributed by atoms with Gasteiger partial charge in [-0.05, 0) is 19.3 Å². The standard InChI is InChI=1S/C34H59N3O7/c1-5-7-8-9-10-11-12-13-14-15-16-17-19-22-35-32(38)42-26-24-41-25-27-43-33(39)37(34(40)44-29-30(3)4)28-31-21-18-20-23-36(31)6-2/h18,20-21,23,30H,5-17,19,22,24-29H2,1-4H3/p+1. The normalized spacial score (nSPS) is 10.9. The first-order chi connectivity index (χ1) is 21.4. The molecule has 0 aliphatic rings. The lowest BCUT2D eigenvalue weighted by Gasteiger charge is -2.20. The molecule has 0 spiro atoms. The highest BCUT2D eigenvalue weighted by atomic mass is 16.6. The van der Waals surface area contributed by atoms with Crippen molar-refractivity contribution in [3.8, 4) is 0 Å². The number of rotatable bonds is 25. The monoisotopic (exact) mass is 622 g/mol. The van der Waals surface area contributed by atoms with Crippen LogP contribution in [0.2, 0.25) is 0 Å². The number of alkyl carbamates (subject to hydrolysis) is 1. The largest absolute Gasteiger partial charge is 0.449 e. The molecule has 10 heteroatoms. The Morgan fingerprint density at radius 1 is 0.750 bits per heavy atom. The molecule has 44 heavy (non-hydrogen) atoms. The van der Waals surface area contributed by atoms with E-state index >= 15 is 0 Å². The molecule has 1 aromatic rings. The van der Waals surface area contributed by atoms with Gasteiger partial charge < -0.3 is 24.3 Å². The molecule has 0 aliphatic heterocycles. The summed E-state index contributed by atoms with van der Waals surface area (Å²) in [4.78, 5) is 38.2. The average molecular weight is 623 g/mol. The van der Waals surface area contributed by atoms with Crippen molar-refractivity contribution in [3.05, 3.63) is 30.1 Å². The van der Waals surface area contributed by atoms with Crippen molar-refractivity contribution in [2.24, 2.45) is 5.92 Å². The minimum absolute atomic E-state index is 0.0214. The summed E-state index contributed by atoms with van der Waals surface area (Å²) in [6.07, 6.45) is 16.6. The Bertz CT molecular complexity index is 897. The third-order valence-electron chi connectivity index (χ3n) is 7.14. The number of imide groups is 1. The molecule has 0 saturated heterocycles. The molecule has 0 aliphatic carbocycles. The Kier molecular flexibility index (Phi) is 23.6. The molecular weight excluding hydrogens is 562 g/mol. The second-order valence-corrected chi connectivity index (χ2v) is 11.6. The summed E-state index contributed by atoms with van der Waals surface area (Å²) >= 11 is 0. The molecule has 3 amide bonds. The van der Waals surface area contributed by atoms with Gasteiger partial charge in [-0.3, -0.25) is 0 Å². The molecule has 0 aromatic carbocycles. The van der Waals surface area contributed by atoms with Gasteiger partial charge in [0.15, 0.2) is 6.20 Å². The van der Waals surface area contributed by atoms with E-state index in [0.717, 1.165) is 23.4 Å². The third kappa shape index (κ3) is 20.1. The fraction of sp³-hybridized carbons (Fsp3) is 0.765. The average Bonchev–Trinajstić information content (AvgIpc) is 3.02. The molecule has 1 rings (SSSR count). The number of pyridine rings is 1. The maximum Gasteiger partial charge on any atom is 0.419 e. The van der Waals surface area contributed by atoms with E-state index in [1.165, 1.54) is 70.6 Å². The Balaban J connectivity index is 2.12. The summed E-state index contributed by atoms with van der Waals surface area (Å²) in [6, 6.07) is 5.58. The van der Waals surface area contributed by atoms with Crippen molar-refractivity contribution < 1.29 is 37.9 Å². The van der Waals surface area contributed by atoms with Crippen LogP contribution in [0.15, 0.2) is 24.4 Å². The Hall–Kier alpha value is -2.88. The van der Waals surface area contributed by atoms with Gasteiger partial charge in [0, 0.05) is 18.7 Å². The third-order valence-corrected chi connectivity index (χ3v) is 7.14. The number of unbranched alkanes of at least 4 members (excludes halogenated alkanes) is 12. The van der Waals surface area contributed by atoms with Crippen LogP contribution in [0.3, 0.4) is 0 Å². The molecule has 10 nitrogen and oxygen atoms in total. The summed E-state index contributed by atoms with van der Waals surface area (Å²) < 4.78 is 23.0. The van der Waals surface area contributed by atoms with Gasteiger partial charge in [-0.15, -0.1) is 0 Å². The summed E-state index contributed by atoms with van der Waals surface area (Å²) in [5.74, 6) is 0.131. The lowest BCUT2D eigenvalue weighted by atomic mass is 10.0. The van der Waals surface area contributed by atoms with Crippen LogP contribution in [0.25, 0.3) is 0 Å². The maximum atomic E-state index is 12.7. The SMILES string of the molecule is CCCCCCCCCCCCCCCNC(=O)OCCOCCOC(=O)N(Cc1cccc[n+]1CC)C(=O)OCC(C)C. The highest BCUT2D eigenvalue weighted by molar-refractivity contribution is 5.87. The number of nitrogens with one attached hydrogen (secondary N) is 1. The second-order valence-electron chi connectivity index (χ2n) is 11.6. The van der Waals surface area contributed by atoms with Crippen molar-refractivity contribution in [2.45, 2.75) is 124 Å². The van der Waals surface area contributed by atoms with E-state index in [2.05, 4.69) is 12.2 Å². The molecule has 0 radical (unpaired) electrons. The Labute approximate surface area is 266 Å². The highest BCUT2D eigenvalue weighted by Crippen LogP contribution is 2.12. The summed E-state index contributed by atoms with van der Waals surface area (Å²) in [7, 11) is 0. The number of carbonyl (C=O) groups is 3. The van der Waals surface area contributed by atoms with Gasteiger partial charge in [0.1, 0.15) is 26.3 Å². The molecule has 1 aromatic heterocycles. The quantitative estimate of drug-likeness (QED) is 0.0681. The highest BCUT2D eigenvalue weighted by Gasteiger charge is 2.28. The van der Waals surface area contributed by atoms with Crippen LogP contribution in [-0.2, 0) is 32.0 Å². The smallest absolute Gasteiger partial charge is 0.419 e. The minimum atomic E-state index is -0.808. The lowest BCUT2D eigenvalue weighted by molar-refractivity contribution is -0.701. The molecule has 1 N–H and O–H groups in total. The van der Waals surface area contributed by atoms with Gasteiger partial charge in [-0.25, -0.2) is 23.9 Å². The number of aryl methyl sites for hydroxylation is 1. The number of amides is 3. The molecule has 0 fully saturated rings. The summed E-state index contributed by atoms with van der Waals surface area (Å²) in [5, 5.41) is 2.77. The Morgan fingerprint density at radius 2 is 1.32 bits per heavy atom. The zero-order valence-corrected chi connectivity index (χ0v) is 28.0. The van der Waals surface area contributed by atoms with Crippen molar-refractivity contribution in [3.63, 3.8) is 0 Å². The topological polar surface area (TPSA) is 107 Å². The summed E-state index contributed by atoms with van der Waals surface area (Å²) in [5.41, 5.74) is 0.772. The van der Waals surface area contributed by atoms with E-state index in [1.807, 2.05) is 49.7 Å². The number of hydrogen-bond donors (Lipinski definition) is 1. The van der Waals surface area contributed by atoms with E-state index in [9.17, 15) is 14.4 Å². The maximum absolute atomic E-state index is 12.7. The summed E-state index contributed by atoms with van der Waals surface area (Å²) in [6.45, 7) is 9.90. The van der Waals surface area contributed by atoms with E-state index in [4.69, 9.17) is 18.9 Å². The van der Waals surface area contributed by atoms with E-state index in [1.54, 1.807) is 0 Å². The molecule has 0 bridgehead atoms. The molecule has 0 saturated carbocycles. The molecule has 252 valence electrons. The number of ether oxygens (including phenoxy) is 4.